The Bertz CT molecular complexity index is 120. The van der Waals surface area contributed by atoms with Crippen molar-refractivity contribution in [2.75, 3.05) is 20.5 Å². The number of carbonyl (C=O) groups excluding carboxylic acids is 1. The van der Waals surface area contributed by atoms with E-state index >= 15 is 0 Å². The van der Waals surface area contributed by atoms with Gasteiger partial charge in [-0.25, -0.2) is 4.79 Å². The first-order chi connectivity index (χ1) is 4.60. The van der Waals surface area contributed by atoms with Gasteiger partial charge in [0.15, 0.2) is 0 Å². The second-order valence-corrected chi connectivity index (χ2v) is 3.03. The lowest BCUT2D eigenvalue weighted by atomic mass is 10.4. The van der Waals surface area contributed by atoms with E-state index in [-0.39, 0.29) is 5.97 Å². The van der Waals surface area contributed by atoms with E-state index in [1.807, 2.05) is 0 Å². The Kier molecular flexibility index (Phi) is 3.75. The molecule has 10 heavy (non-hydrogen) atoms. The van der Waals surface area contributed by atoms with Gasteiger partial charge in [-0.15, -0.1) is 11.8 Å². The second-order valence-electron chi connectivity index (χ2n) is 1.85. The van der Waals surface area contributed by atoms with E-state index in [0.717, 1.165) is 0 Å². The molecule has 0 spiro atoms. The molecular weight excluding hydrogens is 152 g/mol. The zero-order valence-corrected chi connectivity index (χ0v) is 7.45. The molecule has 1 unspecified atom stereocenters. The lowest BCUT2D eigenvalue weighted by molar-refractivity contribution is -0.154. The Morgan fingerprint density at radius 3 is 2.10 bits per heavy atom. The van der Waals surface area contributed by atoms with Crippen LogP contribution in [0.3, 0.4) is 0 Å². The smallest absolute Gasteiger partial charge is 0.348 e. The fourth-order valence-corrected chi connectivity index (χ4v) is 0.852. The molecule has 1 atom stereocenters. The number of carbonyl (C=O) groups is 1. The van der Waals surface area contributed by atoms with E-state index in [4.69, 9.17) is 4.74 Å². The van der Waals surface area contributed by atoms with Crippen molar-refractivity contribution in [3.8, 4) is 0 Å². The molecule has 0 aliphatic rings. The van der Waals surface area contributed by atoms with Crippen LogP contribution in [0.5, 0.6) is 0 Å². The predicted molar refractivity (Wildman–Crippen MR) is 40.9 cm³/mol. The predicted octanol–water partition coefficient (Wildman–Crippen LogP) is 0.885. The van der Waals surface area contributed by atoms with Gasteiger partial charge in [0.2, 0.25) is 4.93 Å². The summed E-state index contributed by atoms with van der Waals surface area (Å²) in [7, 11) is 2.82. The zero-order chi connectivity index (χ0) is 8.20. The van der Waals surface area contributed by atoms with Crippen molar-refractivity contribution < 1.29 is 14.3 Å². The first-order valence-corrected chi connectivity index (χ1v) is 4.02. The van der Waals surface area contributed by atoms with Crippen LogP contribution in [-0.2, 0) is 14.3 Å². The van der Waals surface area contributed by atoms with Gasteiger partial charge in [0.05, 0.1) is 7.11 Å². The minimum Gasteiger partial charge on any atom is -0.466 e. The molecule has 0 heterocycles. The highest BCUT2D eigenvalue weighted by Gasteiger charge is 2.32. The SMILES string of the molecule is COC(=O)C(C)(OC)SC. The van der Waals surface area contributed by atoms with Crippen LogP contribution < -0.4 is 0 Å². The van der Waals surface area contributed by atoms with Crippen molar-refractivity contribution in [2.45, 2.75) is 11.9 Å². The average molecular weight is 164 g/mol. The molecule has 0 saturated carbocycles. The Hall–Kier alpha value is -0.220. The molecule has 0 amide bonds. The third-order valence-corrected chi connectivity index (χ3v) is 2.45. The molecule has 4 heteroatoms. The van der Waals surface area contributed by atoms with E-state index < -0.39 is 4.93 Å². The van der Waals surface area contributed by atoms with Crippen molar-refractivity contribution in [1.82, 2.24) is 0 Å². The zero-order valence-electron chi connectivity index (χ0n) is 6.63. The van der Waals surface area contributed by atoms with Crippen LogP contribution in [0.25, 0.3) is 0 Å². The topological polar surface area (TPSA) is 35.5 Å². The normalized spacial score (nSPS) is 16.0. The quantitative estimate of drug-likeness (QED) is 0.458. The van der Waals surface area contributed by atoms with Gasteiger partial charge >= 0.3 is 5.97 Å². The van der Waals surface area contributed by atoms with Crippen molar-refractivity contribution in [3.63, 3.8) is 0 Å². The first-order valence-electron chi connectivity index (χ1n) is 2.79. The molecule has 0 aromatic heterocycles. The monoisotopic (exact) mass is 164 g/mol. The Labute approximate surface area is 65.1 Å². The molecule has 0 rings (SSSR count). The summed E-state index contributed by atoms with van der Waals surface area (Å²) in [5.74, 6) is -0.359. The number of hydrogen-bond donors (Lipinski definition) is 0. The number of methoxy groups -OCH3 is 2. The van der Waals surface area contributed by atoms with Gasteiger partial charge in [0.25, 0.3) is 0 Å². The Morgan fingerprint density at radius 2 is 2.00 bits per heavy atom. The van der Waals surface area contributed by atoms with Gasteiger partial charge in [0.1, 0.15) is 0 Å². The van der Waals surface area contributed by atoms with Gasteiger partial charge in [-0.3, -0.25) is 0 Å². The average Bonchev–Trinajstić information content (AvgIpc) is 2.01. The van der Waals surface area contributed by atoms with Gasteiger partial charge in [-0.2, -0.15) is 0 Å². The van der Waals surface area contributed by atoms with E-state index in [1.54, 1.807) is 13.2 Å². The highest BCUT2D eigenvalue weighted by atomic mass is 32.2. The maximum Gasteiger partial charge on any atom is 0.348 e. The molecule has 0 bridgehead atoms. The Balaban J connectivity index is 4.17. The molecule has 0 saturated heterocycles. The molecule has 0 N–H and O–H groups in total. The lowest BCUT2D eigenvalue weighted by Crippen LogP contribution is -2.34. The molecule has 60 valence electrons. The molecule has 3 nitrogen and oxygen atoms in total. The molecule has 0 radical (unpaired) electrons. The second kappa shape index (κ2) is 3.83. The van der Waals surface area contributed by atoms with Crippen molar-refractivity contribution in [2.24, 2.45) is 0 Å². The fourth-order valence-electron chi connectivity index (χ4n) is 0.435. The number of rotatable bonds is 3. The number of ether oxygens (including phenoxy) is 2. The fraction of sp³-hybridized carbons (Fsp3) is 0.833. The lowest BCUT2D eigenvalue weighted by Gasteiger charge is -2.21. The standard InChI is InChI=1S/C6H12O3S/c1-6(9-3,10-4)5(7)8-2/h1-4H3. The Morgan fingerprint density at radius 1 is 1.50 bits per heavy atom. The summed E-state index contributed by atoms with van der Waals surface area (Å²) in [6.07, 6.45) is 1.79. The molecule has 0 aromatic rings. The van der Waals surface area contributed by atoms with Gasteiger partial charge in [-0.1, -0.05) is 0 Å². The molecular formula is C6H12O3S. The minimum absolute atomic E-state index is 0.359. The van der Waals surface area contributed by atoms with Crippen LogP contribution >= 0.6 is 11.8 Å². The van der Waals surface area contributed by atoms with Crippen molar-refractivity contribution in [1.29, 1.82) is 0 Å². The first kappa shape index (κ1) is 9.78. The van der Waals surface area contributed by atoms with Crippen molar-refractivity contribution >= 4 is 17.7 Å². The van der Waals surface area contributed by atoms with Crippen LogP contribution in [0, 0.1) is 0 Å². The number of thioether (sulfide) groups is 1. The molecule has 0 aliphatic heterocycles. The summed E-state index contributed by atoms with van der Waals surface area (Å²) >= 11 is 1.31. The van der Waals surface area contributed by atoms with E-state index in [2.05, 4.69) is 4.74 Å². The van der Waals surface area contributed by atoms with Crippen molar-refractivity contribution in [3.05, 3.63) is 0 Å². The van der Waals surface area contributed by atoms with E-state index in [0.29, 0.717) is 0 Å². The summed E-state index contributed by atoms with van der Waals surface area (Å²) in [4.78, 5) is 10.1. The van der Waals surface area contributed by atoms with Gasteiger partial charge in [-0.05, 0) is 13.2 Å². The van der Waals surface area contributed by atoms with Gasteiger partial charge < -0.3 is 9.47 Å². The summed E-state index contributed by atoms with van der Waals surface area (Å²) in [5.41, 5.74) is 0. The van der Waals surface area contributed by atoms with E-state index in [1.165, 1.54) is 26.0 Å². The summed E-state index contributed by atoms with van der Waals surface area (Å²) < 4.78 is 9.44. The summed E-state index contributed by atoms with van der Waals surface area (Å²) in [6.45, 7) is 1.67. The van der Waals surface area contributed by atoms with Crippen LogP contribution in [0.2, 0.25) is 0 Å². The third kappa shape index (κ3) is 1.88. The highest BCUT2D eigenvalue weighted by Crippen LogP contribution is 2.23. The number of hydrogen-bond acceptors (Lipinski definition) is 4. The molecule has 0 fully saturated rings. The van der Waals surface area contributed by atoms with Crippen LogP contribution in [0.15, 0.2) is 0 Å². The van der Waals surface area contributed by atoms with E-state index in [9.17, 15) is 4.79 Å². The summed E-state index contributed by atoms with van der Waals surface area (Å²) in [5, 5.41) is 0. The number of esters is 1. The highest BCUT2D eigenvalue weighted by molar-refractivity contribution is 8.00. The summed E-state index contributed by atoms with van der Waals surface area (Å²) in [6, 6.07) is 0. The molecule has 0 aliphatic carbocycles. The maximum absolute atomic E-state index is 10.9. The largest absolute Gasteiger partial charge is 0.466 e. The van der Waals surface area contributed by atoms with Crippen LogP contribution in [0.1, 0.15) is 6.92 Å². The molecule has 0 aromatic carbocycles. The van der Waals surface area contributed by atoms with Crippen LogP contribution in [-0.4, -0.2) is 31.4 Å². The van der Waals surface area contributed by atoms with Crippen LogP contribution in [0.4, 0.5) is 0 Å². The maximum atomic E-state index is 10.9. The van der Waals surface area contributed by atoms with Gasteiger partial charge in [0, 0.05) is 7.11 Å². The third-order valence-electron chi connectivity index (χ3n) is 1.34. The minimum atomic E-state index is -0.852.